The molecule has 0 atom stereocenters. The number of aryl methyl sites for hydroxylation is 1. The summed E-state index contributed by atoms with van der Waals surface area (Å²) >= 11 is 0. The first-order chi connectivity index (χ1) is 35.8. The standard InChI is InChI=1S/C67H62N3O.Pt/c1-41(2)52-32-53(42(3)4)34-56(33-52)50-27-28-63(45(9)31-50)70-64-22-16-21-59(65(64)69-67(70)61-39-54(43(5)6)38-60(44(7)8)66(61)71)57-35-55(47-19-14-11-15-20-47)36-58(37-57)62-40-51(29-30-68-62)49-25-23-48(24-26-49)46-17-12-10-13-18-46;/h10-36,38-44,71H,1-9H3;/q-1;/i9D3,41D;. The molecule has 0 bridgehead atoms. The van der Waals surface area contributed by atoms with Crippen molar-refractivity contribution in [3.8, 4) is 89.7 Å². The van der Waals surface area contributed by atoms with Crippen LogP contribution in [0.5, 0.6) is 5.75 Å². The van der Waals surface area contributed by atoms with Crippen LogP contribution in [0.1, 0.15) is 112 Å². The molecule has 2 aromatic heterocycles. The Morgan fingerprint density at radius 1 is 0.514 bits per heavy atom. The Kier molecular flexibility index (Phi) is 13.0. The molecule has 1 N–H and O–H groups in total. The van der Waals surface area contributed by atoms with Crippen molar-refractivity contribution in [2.45, 2.75) is 85.9 Å². The number of phenolic OH excluding ortho intramolecular Hbond substituents is 1. The Morgan fingerprint density at radius 2 is 1.10 bits per heavy atom. The molecule has 0 fully saturated rings. The molecule has 4 nitrogen and oxygen atoms in total. The second-order valence-corrected chi connectivity index (χ2v) is 19.9. The molecular formula is C67H62N3OPt-. The first kappa shape index (κ1) is 44.8. The number of benzene rings is 8. The van der Waals surface area contributed by atoms with E-state index >= 15 is 0 Å². The Balaban J connectivity index is 0.00000706. The average molecular weight is 1120 g/mol. The van der Waals surface area contributed by atoms with Crippen molar-refractivity contribution in [3.63, 3.8) is 0 Å². The molecule has 72 heavy (non-hydrogen) atoms. The number of aromatic nitrogens is 3. The van der Waals surface area contributed by atoms with Crippen molar-refractivity contribution in [1.29, 1.82) is 0 Å². The van der Waals surface area contributed by atoms with Crippen LogP contribution in [0.3, 0.4) is 0 Å². The van der Waals surface area contributed by atoms with Crippen LogP contribution in [-0.4, -0.2) is 19.6 Å². The zero-order chi connectivity index (χ0) is 52.9. The molecule has 362 valence electrons. The fraction of sp³-hybridized carbons (Fsp3) is 0.194. The third-order valence-corrected chi connectivity index (χ3v) is 13.8. The van der Waals surface area contributed by atoms with Gasteiger partial charge in [0.1, 0.15) is 11.6 Å². The number of hydrogen-bond acceptors (Lipinski definition) is 3. The van der Waals surface area contributed by atoms with Crippen LogP contribution in [0.15, 0.2) is 182 Å². The molecule has 0 spiro atoms. The van der Waals surface area contributed by atoms with Gasteiger partial charge in [-0.1, -0.05) is 206 Å². The van der Waals surface area contributed by atoms with Gasteiger partial charge < -0.3 is 5.11 Å². The third-order valence-electron chi connectivity index (χ3n) is 13.8. The van der Waals surface area contributed by atoms with Crippen LogP contribution < -0.4 is 0 Å². The maximum Gasteiger partial charge on any atom is 0.148 e. The molecule has 0 radical (unpaired) electrons. The van der Waals surface area contributed by atoms with Crippen molar-refractivity contribution in [1.82, 2.24) is 14.5 Å². The maximum absolute atomic E-state index is 12.4. The third kappa shape index (κ3) is 9.90. The molecule has 2 heterocycles. The predicted molar refractivity (Wildman–Crippen MR) is 299 cm³/mol. The van der Waals surface area contributed by atoms with Crippen LogP contribution in [0.4, 0.5) is 0 Å². The first-order valence-corrected chi connectivity index (χ1v) is 24.8. The van der Waals surface area contributed by atoms with E-state index in [9.17, 15) is 5.11 Å². The van der Waals surface area contributed by atoms with Crippen molar-refractivity contribution < 1.29 is 31.7 Å². The minimum absolute atomic E-state index is 0. The van der Waals surface area contributed by atoms with Gasteiger partial charge in [-0.3, -0.25) is 9.55 Å². The number of hydrogen-bond donors (Lipinski definition) is 1. The summed E-state index contributed by atoms with van der Waals surface area (Å²) in [5.41, 5.74) is 17.2. The summed E-state index contributed by atoms with van der Waals surface area (Å²) in [6.07, 6.45) is 1.85. The van der Waals surface area contributed by atoms with E-state index in [2.05, 4.69) is 145 Å². The van der Waals surface area contributed by atoms with Gasteiger partial charge in [0.25, 0.3) is 0 Å². The molecule has 10 rings (SSSR count). The minimum Gasteiger partial charge on any atom is -0.507 e. The van der Waals surface area contributed by atoms with Gasteiger partial charge in [-0.15, -0.1) is 23.8 Å². The van der Waals surface area contributed by atoms with Gasteiger partial charge in [0, 0.05) is 38.4 Å². The topological polar surface area (TPSA) is 50.9 Å². The summed E-state index contributed by atoms with van der Waals surface area (Å²) in [5.74, 6) is -0.0326. The molecule has 0 amide bonds. The quantitative estimate of drug-likeness (QED) is 0.124. The Labute approximate surface area is 446 Å². The summed E-state index contributed by atoms with van der Waals surface area (Å²) in [5, 5.41) is 12.4. The van der Waals surface area contributed by atoms with Crippen LogP contribution in [0.25, 0.3) is 95.0 Å². The fourth-order valence-corrected chi connectivity index (χ4v) is 9.61. The van der Waals surface area contributed by atoms with Gasteiger partial charge in [0.15, 0.2) is 0 Å². The molecule has 0 aliphatic heterocycles. The summed E-state index contributed by atoms with van der Waals surface area (Å²) in [6.45, 7) is 13.8. The number of phenols is 1. The second kappa shape index (κ2) is 20.9. The van der Waals surface area contributed by atoms with E-state index in [4.69, 9.17) is 15.5 Å². The Bertz CT molecular complexity index is 3720. The van der Waals surface area contributed by atoms with Gasteiger partial charge in [0.05, 0.1) is 22.3 Å². The van der Waals surface area contributed by atoms with Crippen LogP contribution in [-0.2, 0) is 21.1 Å². The van der Waals surface area contributed by atoms with E-state index in [0.717, 1.165) is 89.1 Å². The molecular weight excluding hydrogens is 1060 g/mol. The van der Waals surface area contributed by atoms with E-state index in [1.165, 1.54) is 0 Å². The number of aromatic hydroxyl groups is 1. The Hall–Kier alpha value is -7.13. The van der Waals surface area contributed by atoms with Crippen molar-refractivity contribution in [3.05, 3.63) is 216 Å². The van der Waals surface area contributed by atoms with E-state index in [-0.39, 0.29) is 50.1 Å². The van der Waals surface area contributed by atoms with Gasteiger partial charge in [-0.2, -0.15) is 0 Å². The largest absolute Gasteiger partial charge is 0.507 e. The normalized spacial score (nSPS) is 12.7. The summed E-state index contributed by atoms with van der Waals surface area (Å²) < 4.78 is 38.3. The van der Waals surface area contributed by atoms with E-state index < -0.39 is 12.7 Å². The molecule has 0 aliphatic rings. The summed E-state index contributed by atoms with van der Waals surface area (Å²) in [4.78, 5) is 10.5. The van der Waals surface area contributed by atoms with Gasteiger partial charge in [0.2, 0.25) is 0 Å². The number of nitrogens with zero attached hydrogens (tertiary/aromatic N) is 3. The van der Waals surface area contributed by atoms with Crippen molar-refractivity contribution in [2.75, 3.05) is 0 Å². The fourth-order valence-electron chi connectivity index (χ4n) is 9.61. The van der Waals surface area contributed by atoms with Crippen LogP contribution >= 0.6 is 0 Å². The molecule has 0 saturated heterocycles. The number of imidazole rings is 1. The van der Waals surface area contributed by atoms with Gasteiger partial charge >= 0.3 is 0 Å². The Morgan fingerprint density at radius 3 is 1.75 bits per heavy atom. The van der Waals surface area contributed by atoms with E-state index in [1.54, 1.807) is 6.07 Å². The van der Waals surface area contributed by atoms with Crippen LogP contribution in [0, 0.1) is 12.9 Å². The zero-order valence-corrected chi connectivity index (χ0v) is 44.4. The van der Waals surface area contributed by atoms with E-state index in [1.807, 2.05) is 97.4 Å². The first-order valence-electron chi connectivity index (χ1n) is 26.8. The number of pyridine rings is 1. The number of para-hydroxylation sites is 1. The number of fused-ring (bicyclic) bond motifs is 1. The molecule has 0 unspecified atom stereocenters. The molecule has 0 aliphatic carbocycles. The smallest absolute Gasteiger partial charge is 0.148 e. The molecule has 0 saturated carbocycles. The molecule has 10 aromatic rings. The van der Waals surface area contributed by atoms with Crippen molar-refractivity contribution >= 4 is 11.0 Å². The van der Waals surface area contributed by atoms with E-state index in [0.29, 0.717) is 28.1 Å². The molecule has 8 aromatic carbocycles. The average Bonchev–Trinajstić information content (AvgIpc) is 3.84. The summed E-state index contributed by atoms with van der Waals surface area (Å²) in [6, 6.07) is 63.3. The number of rotatable bonds is 12. The SMILES string of the molecule is [2H]C([2H])([2H])c1cc(-c2cc(C(C)C)cc(C([2H])(C)C)c2)ccc1-n1c(-c2cc(C(C)C)cc(C(C)C)c2O)nc2c(-c3[c-]c(-c4cc(-c5ccc(-c6ccccc6)cc5)ccn4)cc(-c4ccccc4)c3)cccc21.[Pt]. The summed E-state index contributed by atoms with van der Waals surface area (Å²) in [7, 11) is 0. The molecule has 5 heteroatoms. The second-order valence-electron chi connectivity index (χ2n) is 19.9. The van der Waals surface area contributed by atoms with Crippen molar-refractivity contribution in [2.24, 2.45) is 0 Å². The van der Waals surface area contributed by atoms with Crippen LogP contribution in [0.2, 0.25) is 0 Å². The predicted octanol–water partition coefficient (Wildman–Crippen LogP) is 18.4. The van der Waals surface area contributed by atoms with Gasteiger partial charge in [-0.05, 0) is 128 Å². The maximum atomic E-state index is 12.4. The zero-order valence-electron chi connectivity index (χ0n) is 46.2. The minimum atomic E-state index is -2.56. The monoisotopic (exact) mass is 1120 g/mol. The van der Waals surface area contributed by atoms with Gasteiger partial charge in [-0.25, -0.2) is 4.98 Å².